The summed E-state index contributed by atoms with van der Waals surface area (Å²) in [4.78, 5) is 21.7. The number of fused-ring (bicyclic) bond motifs is 1. The van der Waals surface area contributed by atoms with Gasteiger partial charge in [-0.2, -0.15) is 0 Å². The molecule has 0 unspecified atom stereocenters. The van der Waals surface area contributed by atoms with Crippen molar-refractivity contribution < 1.29 is 13.2 Å². The van der Waals surface area contributed by atoms with E-state index in [1.165, 1.54) is 29.7 Å². The molecule has 7 nitrogen and oxygen atoms in total. The summed E-state index contributed by atoms with van der Waals surface area (Å²) >= 11 is 1.47. The van der Waals surface area contributed by atoms with Crippen molar-refractivity contribution in [2.75, 3.05) is 10.0 Å². The number of amides is 1. The number of hydrogen-bond donors (Lipinski definition) is 2. The van der Waals surface area contributed by atoms with E-state index in [0.717, 1.165) is 28.5 Å². The fourth-order valence-corrected chi connectivity index (χ4v) is 5.46. The maximum absolute atomic E-state index is 13.0. The molecule has 32 heavy (non-hydrogen) atoms. The largest absolute Gasteiger partial charge is 0.321 e. The van der Waals surface area contributed by atoms with Crippen molar-refractivity contribution in [2.24, 2.45) is 0 Å². The standard InChI is InChI=1S/C23H22N4O3S2/c1-3-6-19-18-7-4-5-8-20(18)31-21(19)22(28)26-16-9-11-17(12-10-16)32(29,30)27-23-24-14-13-15(2)25-23/h4-5,7-14H,3,6H2,1-2H3,(H,26,28)(H,24,25,27). The van der Waals surface area contributed by atoms with Crippen LogP contribution in [0.25, 0.3) is 10.1 Å². The van der Waals surface area contributed by atoms with Gasteiger partial charge in [-0.15, -0.1) is 11.3 Å². The van der Waals surface area contributed by atoms with E-state index in [2.05, 4.69) is 26.9 Å². The number of thiophene rings is 1. The number of carbonyl (C=O) groups is 1. The highest BCUT2D eigenvalue weighted by Crippen LogP contribution is 2.33. The number of anilines is 2. The summed E-state index contributed by atoms with van der Waals surface area (Å²) in [7, 11) is -3.84. The zero-order valence-corrected chi connectivity index (χ0v) is 19.3. The fraction of sp³-hybridized carbons (Fsp3) is 0.174. The van der Waals surface area contributed by atoms with E-state index in [1.54, 1.807) is 25.1 Å². The molecule has 1 amide bonds. The van der Waals surface area contributed by atoms with Crippen molar-refractivity contribution in [1.29, 1.82) is 0 Å². The van der Waals surface area contributed by atoms with Crippen LogP contribution in [-0.4, -0.2) is 24.3 Å². The Kier molecular flexibility index (Phi) is 6.20. The van der Waals surface area contributed by atoms with Gasteiger partial charge in [0.1, 0.15) is 0 Å². The molecule has 164 valence electrons. The number of aromatic nitrogens is 2. The predicted molar refractivity (Wildman–Crippen MR) is 128 cm³/mol. The van der Waals surface area contributed by atoms with Crippen LogP contribution in [0.1, 0.15) is 34.3 Å². The maximum Gasteiger partial charge on any atom is 0.266 e. The van der Waals surface area contributed by atoms with Gasteiger partial charge in [0.2, 0.25) is 5.95 Å². The summed E-state index contributed by atoms with van der Waals surface area (Å²) in [5.41, 5.74) is 2.22. The summed E-state index contributed by atoms with van der Waals surface area (Å²) in [5, 5.41) is 3.99. The molecule has 9 heteroatoms. The van der Waals surface area contributed by atoms with E-state index < -0.39 is 10.0 Å². The first kappa shape index (κ1) is 21.9. The van der Waals surface area contributed by atoms with E-state index in [4.69, 9.17) is 0 Å². The third-order valence-electron chi connectivity index (χ3n) is 4.85. The molecule has 2 aromatic heterocycles. The minimum absolute atomic E-state index is 0.00981. The van der Waals surface area contributed by atoms with Gasteiger partial charge in [-0.05, 0) is 60.7 Å². The van der Waals surface area contributed by atoms with Crippen LogP contribution in [0.5, 0.6) is 0 Å². The zero-order valence-electron chi connectivity index (χ0n) is 17.6. The van der Waals surface area contributed by atoms with E-state index in [-0.39, 0.29) is 16.8 Å². The normalized spacial score (nSPS) is 11.4. The number of hydrogen-bond acceptors (Lipinski definition) is 6. The van der Waals surface area contributed by atoms with Crippen LogP contribution >= 0.6 is 11.3 Å². The lowest BCUT2D eigenvalue weighted by Gasteiger charge is -2.09. The molecule has 0 atom stereocenters. The Labute approximate surface area is 190 Å². The Hall–Kier alpha value is -3.30. The third kappa shape index (κ3) is 4.63. The molecule has 2 N–H and O–H groups in total. The zero-order chi connectivity index (χ0) is 22.7. The van der Waals surface area contributed by atoms with Crippen LogP contribution in [0, 0.1) is 6.92 Å². The Bertz CT molecular complexity index is 1380. The van der Waals surface area contributed by atoms with Crippen molar-refractivity contribution in [2.45, 2.75) is 31.6 Å². The molecule has 2 heterocycles. The van der Waals surface area contributed by atoms with Gasteiger partial charge in [-0.1, -0.05) is 31.5 Å². The molecule has 0 aliphatic carbocycles. The molecule has 0 saturated carbocycles. The van der Waals surface area contributed by atoms with E-state index in [0.29, 0.717) is 16.3 Å². The molecule has 0 aliphatic heterocycles. The highest BCUT2D eigenvalue weighted by molar-refractivity contribution is 7.92. The summed E-state index contributed by atoms with van der Waals surface area (Å²) in [6, 6.07) is 15.7. The molecule has 4 rings (SSSR count). The summed E-state index contributed by atoms with van der Waals surface area (Å²) in [5.74, 6) is -0.188. The Morgan fingerprint density at radius 1 is 1.06 bits per heavy atom. The first-order chi connectivity index (χ1) is 15.4. The van der Waals surface area contributed by atoms with Crippen LogP contribution in [0.4, 0.5) is 11.6 Å². The lowest BCUT2D eigenvalue weighted by molar-refractivity contribution is 0.103. The van der Waals surface area contributed by atoms with Gasteiger partial charge in [0.25, 0.3) is 15.9 Å². The molecule has 0 fully saturated rings. The lowest BCUT2D eigenvalue weighted by atomic mass is 10.1. The summed E-state index contributed by atoms with van der Waals surface area (Å²) < 4.78 is 28.7. The topological polar surface area (TPSA) is 101 Å². The number of carbonyl (C=O) groups excluding carboxylic acids is 1. The van der Waals surface area contributed by atoms with Crippen LogP contribution in [0.15, 0.2) is 65.7 Å². The van der Waals surface area contributed by atoms with Gasteiger partial charge in [0.05, 0.1) is 9.77 Å². The van der Waals surface area contributed by atoms with Gasteiger partial charge >= 0.3 is 0 Å². The van der Waals surface area contributed by atoms with Crippen molar-refractivity contribution in [1.82, 2.24) is 9.97 Å². The second kappa shape index (κ2) is 9.05. The minimum atomic E-state index is -3.84. The van der Waals surface area contributed by atoms with E-state index >= 15 is 0 Å². The van der Waals surface area contributed by atoms with Gasteiger partial charge in [0.15, 0.2) is 0 Å². The third-order valence-corrected chi connectivity index (χ3v) is 7.40. The Balaban J connectivity index is 1.53. The van der Waals surface area contributed by atoms with Gasteiger partial charge in [-0.3, -0.25) is 4.79 Å². The molecule has 4 aromatic rings. The van der Waals surface area contributed by atoms with Crippen LogP contribution in [0.2, 0.25) is 0 Å². The first-order valence-electron chi connectivity index (χ1n) is 10.1. The molecular weight excluding hydrogens is 444 g/mol. The summed E-state index contributed by atoms with van der Waals surface area (Å²) in [6.07, 6.45) is 3.24. The van der Waals surface area contributed by atoms with Crippen molar-refractivity contribution in [3.8, 4) is 0 Å². The smallest absolute Gasteiger partial charge is 0.266 e. The van der Waals surface area contributed by atoms with Crippen LogP contribution in [-0.2, 0) is 16.4 Å². The maximum atomic E-state index is 13.0. The molecule has 0 bridgehead atoms. The quantitative estimate of drug-likeness (QED) is 0.399. The van der Waals surface area contributed by atoms with Crippen molar-refractivity contribution in [3.63, 3.8) is 0 Å². The number of aryl methyl sites for hydroxylation is 2. The summed E-state index contributed by atoms with van der Waals surface area (Å²) in [6.45, 7) is 3.84. The molecular formula is C23H22N4O3S2. The number of benzene rings is 2. The predicted octanol–water partition coefficient (Wildman–Crippen LogP) is 5.01. The minimum Gasteiger partial charge on any atom is -0.321 e. The second-order valence-corrected chi connectivity index (χ2v) is 10.00. The van der Waals surface area contributed by atoms with Crippen LogP contribution in [0.3, 0.4) is 0 Å². The van der Waals surface area contributed by atoms with Gasteiger partial charge < -0.3 is 5.32 Å². The van der Waals surface area contributed by atoms with Crippen molar-refractivity contribution in [3.05, 3.63) is 76.9 Å². The number of nitrogens with zero attached hydrogens (tertiary/aromatic N) is 2. The monoisotopic (exact) mass is 466 g/mol. The lowest BCUT2D eigenvalue weighted by Crippen LogP contribution is -2.16. The van der Waals surface area contributed by atoms with Crippen molar-refractivity contribution >= 4 is 49.0 Å². The molecule has 0 radical (unpaired) electrons. The van der Waals surface area contributed by atoms with Crippen LogP contribution < -0.4 is 10.0 Å². The molecule has 2 aromatic carbocycles. The van der Waals surface area contributed by atoms with Gasteiger partial charge in [-0.25, -0.2) is 23.1 Å². The average Bonchev–Trinajstić information content (AvgIpc) is 3.13. The highest BCUT2D eigenvalue weighted by atomic mass is 32.2. The van der Waals surface area contributed by atoms with E-state index in [9.17, 15) is 13.2 Å². The van der Waals surface area contributed by atoms with Gasteiger partial charge in [0, 0.05) is 22.3 Å². The van der Waals surface area contributed by atoms with E-state index in [1.807, 2.05) is 24.3 Å². The number of rotatable bonds is 7. The number of nitrogens with one attached hydrogen (secondary N) is 2. The SMILES string of the molecule is CCCc1c(C(=O)Nc2ccc(S(=O)(=O)Nc3nccc(C)n3)cc2)sc2ccccc12. The fourth-order valence-electron chi connectivity index (χ4n) is 3.36. The first-order valence-corrected chi connectivity index (χ1v) is 12.4. The number of sulfonamides is 1. The highest BCUT2D eigenvalue weighted by Gasteiger charge is 2.19. The Morgan fingerprint density at radius 3 is 2.53 bits per heavy atom. The molecule has 0 aliphatic rings. The average molecular weight is 467 g/mol. The molecule has 0 saturated heterocycles. The Morgan fingerprint density at radius 2 is 1.81 bits per heavy atom. The second-order valence-electron chi connectivity index (χ2n) is 7.26. The molecule has 0 spiro atoms.